The van der Waals surface area contributed by atoms with E-state index in [-0.39, 0.29) is 15.9 Å². The molecule has 33 heavy (non-hydrogen) atoms. The Balaban J connectivity index is 1.59. The molecule has 8 heteroatoms. The van der Waals surface area contributed by atoms with Gasteiger partial charge < -0.3 is 9.47 Å². The molecule has 4 nitrogen and oxygen atoms in total. The molecule has 4 rings (SSSR count). The van der Waals surface area contributed by atoms with Crippen LogP contribution < -0.4 is 14.4 Å². The van der Waals surface area contributed by atoms with Gasteiger partial charge in [0.2, 0.25) is 0 Å². The van der Waals surface area contributed by atoms with Gasteiger partial charge in [0, 0.05) is 0 Å². The number of rotatable bonds is 6. The first-order chi connectivity index (χ1) is 15.9. The number of thiocarbonyl (C=S) groups is 1. The minimum absolute atomic E-state index is 0.149. The first-order valence-electron chi connectivity index (χ1n) is 9.95. The average Bonchev–Trinajstić information content (AvgIpc) is 3.07. The molecule has 0 N–H and O–H groups in total. The van der Waals surface area contributed by atoms with Crippen molar-refractivity contribution in [3.05, 3.63) is 91.6 Å². The number of anilines is 1. The van der Waals surface area contributed by atoms with Crippen LogP contribution in [0.4, 0.5) is 10.1 Å². The summed E-state index contributed by atoms with van der Waals surface area (Å²) < 4.78 is 27.0. The Bertz CT molecular complexity index is 1260. The maximum absolute atomic E-state index is 14.2. The lowest BCUT2D eigenvalue weighted by molar-refractivity contribution is -0.113. The fraction of sp³-hybridized carbons (Fsp3) is 0.120. The minimum Gasteiger partial charge on any atom is -0.493 e. The third-order valence-electron chi connectivity index (χ3n) is 4.94. The molecule has 1 heterocycles. The summed E-state index contributed by atoms with van der Waals surface area (Å²) in [7, 11) is 1.57. The molecule has 1 saturated heterocycles. The molecule has 3 aromatic carbocycles. The molecule has 1 fully saturated rings. The highest BCUT2D eigenvalue weighted by Crippen LogP contribution is 2.39. The lowest BCUT2D eigenvalue weighted by atomic mass is 10.1. The van der Waals surface area contributed by atoms with Gasteiger partial charge in [-0.2, -0.15) is 0 Å². The second-order valence-corrected chi connectivity index (χ2v) is 10.1. The zero-order chi connectivity index (χ0) is 23.5. The second-order valence-electron chi connectivity index (χ2n) is 7.28. The highest BCUT2D eigenvalue weighted by Gasteiger charge is 2.34. The van der Waals surface area contributed by atoms with Gasteiger partial charge in [0.15, 0.2) is 15.8 Å². The van der Waals surface area contributed by atoms with E-state index in [9.17, 15) is 9.18 Å². The highest BCUT2D eigenvalue weighted by atomic mass is 127. The van der Waals surface area contributed by atoms with Crippen molar-refractivity contribution in [1.29, 1.82) is 0 Å². The van der Waals surface area contributed by atoms with Crippen LogP contribution >= 0.6 is 46.6 Å². The van der Waals surface area contributed by atoms with Gasteiger partial charge >= 0.3 is 0 Å². The lowest BCUT2D eigenvalue weighted by Crippen LogP contribution is -2.28. The summed E-state index contributed by atoms with van der Waals surface area (Å²) in [6.07, 6.45) is 1.73. The van der Waals surface area contributed by atoms with Crippen LogP contribution in [0.25, 0.3) is 6.08 Å². The number of halogens is 2. The van der Waals surface area contributed by atoms with Crippen molar-refractivity contribution < 1.29 is 18.7 Å². The number of nitrogens with zero attached hydrogens (tertiary/aromatic N) is 1. The second kappa shape index (κ2) is 10.2. The van der Waals surface area contributed by atoms with Crippen molar-refractivity contribution in [1.82, 2.24) is 0 Å². The van der Waals surface area contributed by atoms with Gasteiger partial charge in [-0.05, 0) is 71.0 Å². The highest BCUT2D eigenvalue weighted by molar-refractivity contribution is 14.1. The summed E-state index contributed by atoms with van der Waals surface area (Å²) in [5, 5.41) is 0. The van der Waals surface area contributed by atoms with Gasteiger partial charge in [0.25, 0.3) is 5.91 Å². The number of ether oxygens (including phenoxy) is 2. The summed E-state index contributed by atoms with van der Waals surface area (Å²) >= 11 is 8.68. The van der Waals surface area contributed by atoms with Crippen molar-refractivity contribution in [2.45, 2.75) is 13.5 Å². The molecule has 0 spiro atoms. The number of carbonyl (C=O) groups excluding carboxylic acids is 1. The smallest absolute Gasteiger partial charge is 0.270 e. The Labute approximate surface area is 214 Å². The number of amides is 1. The van der Waals surface area contributed by atoms with E-state index < -0.39 is 5.82 Å². The molecule has 1 amide bonds. The van der Waals surface area contributed by atoms with Crippen molar-refractivity contribution >= 4 is 68.6 Å². The van der Waals surface area contributed by atoms with Gasteiger partial charge in [-0.3, -0.25) is 9.69 Å². The average molecular weight is 591 g/mol. The summed E-state index contributed by atoms with van der Waals surface area (Å²) in [6.45, 7) is 2.45. The van der Waals surface area contributed by atoms with Gasteiger partial charge in [0.05, 0.1) is 21.3 Å². The molecule has 168 valence electrons. The summed E-state index contributed by atoms with van der Waals surface area (Å²) in [5.41, 5.74) is 3.15. The third kappa shape index (κ3) is 5.23. The van der Waals surface area contributed by atoms with Crippen LogP contribution in [0.3, 0.4) is 0 Å². The van der Waals surface area contributed by atoms with Crippen LogP contribution in [0.5, 0.6) is 11.5 Å². The Morgan fingerprint density at radius 1 is 1.15 bits per heavy atom. The summed E-state index contributed by atoms with van der Waals surface area (Å²) in [4.78, 5) is 14.6. The molecule has 3 aromatic rings. The molecule has 0 unspecified atom stereocenters. The van der Waals surface area contributed by atoms with Crippen LogP contribution in [0.15, 0.2) is 65.6 Å². The fourth-order valence-corrected chi connectivity index (χ4v) is 5.33. The molecule has 0 aliphatic carbocycles. The first kappa shape index (κ1) is 23.7. The van der Waals surface area contributed by atoms with Crippen LogP contribution in [0.2, 0.25) is 0 Å². The zero-order valence-corrected chi connectivity index (χ0v) is 21.6. The zero-order valence-electron chi connectivity index (χ0n) is 17.8. The first-order valence-corrected chi connectivity index (χ1v) is 12.3. The van der Waals surface area contributed by atoms with Crippen LogP contribution in [-0.2, 0) is 11.4 Å². The van der Waals surface area contributed by atoms with Gasteiger partial charge in [-0.25, -0.2) is 4.39 Å². The van der Waals surface area contributed by atoms with Gasteiger partial charge in [0.1, 0.15) is 12.4 Å². The summed E-state index contributed by atoms with van der Waals surface area (Å²) in [5.74, 6) is 0.338. The number of para-hydroxylation sites is 1. The van der Waals surface area contributed by atoms with Crippen molar-refractivity contribution in [3.63, 3.8) is 0 Å². The van der Waals surface area contributed by atoms with Crippen LogP contribution in [0.1, 0.15) is 16.7 Å². The Morgan fingerprint density at radius 2 is 1.88 bits per heavy atom. The molecule has 1 aliphatic rings. The van der Waals surface area contributed by atoms with E-state index in [2.05, 4.69) is 22.6 Å². The van der Waals surface area contributed by atoms with Crippen LogP contribution in [-0.4, -0.2) is 17.3 Å². The number of carbonyl (C=O) groups is 1. The van der Waals surface area contributed by atoms with Crippen molar-refractivity contribution in [2.24, 2.45) is 0 Å². The van der Waals surface area contributed by atoms with E-state index in [1.165, 1.54) is 22.6 Å². The largest absolute Gasteiger partial charge is 0.493 e. The number of hydrogen-bond acceptors (Lipinski definition) is 5. The number of hydrogen-bond donors (Lipinski definition) is 0. The molecular formula is C25H19FINO3S2. The molecule has 0 aromatic heterocycles. The lowest BCUT2D eigenvalue weighted by Gasteiger charge is -2.15. The Morgan fingerprint density at radius 3 is 2.58 bits per heavy atom. The molecular weight excluding hydrogens is 572 g/mol. The SMILES string of the molecule is COc1cc(/C=C2/SC(=S)N(c3ccccc3F)C2=O)cc(I)c1OCc1ccc(C)cc1. The van der Waals surface area contributed by atoms with E-state index in [4.69, 9.17) is 21.7 Å². The number of aryl methyl sites for hydroxylation is 1. The van der Waals surface area contributed by atoms with Crippen molar-refractivity contribution in [3.8, 4) is 11.5 Å². The quantitative estimate of drug-likeness (QED) is 0.181. The number of thioether (sulfide) groups is 1. The number of methoxy groups -OCH3 is 1. The van der Waals surface area contributed by atoms with E-state index in [1.807, 2.05) is 43.3 Å². The Hall–Kier alpha value is -2.43. The maximum atomic E-state index is 14.2. The topological polar surface area (TPSA) is 38.8 Å². The molecule has 0 bridgehead atoms. The van der Waals surface area contributed by atoms with Crippen molar-refractivity contribution in [2.75, 3.05) is 12.0 Å². The third-order valence-corrected chi connectivity index (χ3v) is 7.04. The monoisotopic (exact) mass is 591 g/mol. The molecule has 0 saturated carbocycles. The molecule has 0 radical (unpaired) electrons. The van der Waals surface area contributed by atoms with Gasteiger partial charge in [-0.1, -0.05) is 65.9 Å². The predicted molar refractivity (Wildman–Crippen MR) is 143 cm³/mol. The maximum Gasteiger partial charge on any atom is 0.270 e. The molecule has 1 aliphatic heterocycles. The van der Waals surface area contributed by atoms with Crippen LogP contribution in [0, 0.1) is 16.3 Å². The van der Waals surface area contributed by atoms with E-state index in [1.54, 1.807) is 25.3 Å². The van der Waals surface area contributed by atoms with Gasteiger partial charge in [-0.15, -0.1) is 0 Å². The summed E-state index contributed by atoms with van der Waals surface area (Å²) in [6, 6.07) is 17.9. The number of benzene rings is 3. The Kier molecular flexibility index (Phi) is 7.35. The minimum atomic E-state index is -0.499. The standard InChI is InChI=1S/C25H19FINO3S2/c1-15-7-9-16(10-8-15)14-31-23-19(27)11-17(12-21(23)30-2)13-22-24(29)28(25(32)33-22)20-6-4-3-5-18(20)26/h3-13H,14H2,1-2H3/b22-13+. The van der Waals surface area contributed by atoms with E-state index >= 15 is 0 Å². The molecule has 0 atom stereocenters. The predicted octanol–water partition coefficient (Wildman–Crippen LogP) is 6.73. The van der Waals surface area contributed by atoms with E-state index in [0.29, 0.717) is 23.0 Å². The van der Waals surface area contributed by atoms with E-state index in [0.717, 1.165) is 26.5 Å². The fourth-order valence-electron chi connectivity index (χ4n) is 3.26. The normalized spacial score (nSPS) is 14.8.